The third kappa shape index (κ3) is 6.24. The Morgan fingerprint density at radius 3 is 2.16 bits per heavy atom. The number of rotatable bonds is 7. The summed E-state index contributed by atoms with van der Waals surface area (Å²) in [5.41, 5.74) is 1.56. The summed E-state index contributed by atoms with van der Waals surface area (Å²) in [6, 6.07) is 18.2. The molecule has 5 heteroatoms. The minimum atomic E-state index is -0.314. The van der Waals surface area contributed by atoms with Crippen LogP contribution in [0, 0.1) is 0 Å². The van der Waals surface area contributed by atoms with Crippen LogP contribution in [0.15, 0.2) is 66.4 Å². The Morgan fingerprint density at radius 2 is 1.56 bits per heavy atom. The third-order valence-corrected chi connectivity index (χ3v) is 3.48. The molecule has 130 valence electrons. The van der Waals surface area contributed by atoms with Crippen LogP contribution in [-0.2, 0) is 4.79 Å². The van der Waals surface area contributed by atoms with Gasteiger partial charge in [-0.05, 0) is 37.9 Å². The van der Waals surface area contributed by atoms with E-state index in [0.717, 1.165) is 12.1 Å². The second kappa shape index (κ2) is 9.39. The fourth-order valence-corrected chi connectivity index (χ4v) is 2.15. The summed E-state index contributed by atoms with van der Waals surface area (Å²) in [7, 11) is 3.87. The fourth-order valence-electron chi connectivity index (χ4n) is 2.15. The van der Waals surface area contributed by atoms with Crippen molar-refractivity contribution in [3.05, 3.63) is 77.5 Å². The van der Waals surface area contributed by atoms with Gasteiger partial charge >= 0.3 is 0 Å². The summed E-state index contributed by atoms with van der Waals surface area (Å²) in [4.78, 5) is 26.9. The first-order valence-corrected chi connectivity index (χ1v) is 8.12. The van der Waals surface area contributed by atoms with Crippen molar-refractivity contribution in [2.75, 3.05) is 27.2 Å². The van der Waals surface area contributed by atoms with Gasteiger partial charge in [-0.15, -0.1) is 0 Å². The Morgan fingerprint density at radius 1 is 0.960 bits per heavy atom. The molecule has 2 aromatic rings. The number of benzene rings is 2. The van der Waals surface area contributed by atoms with E-state index >= 15 is 0 Å². The smallest absolute Gasteiger partial charge is 0.267 e. The molecule has 0 saturated carbocycles. The fraction of sp³-hybridized carbons (Fsp3) is 0.200. The Kier molecular flexibility index (Phi) is 6.92. The van der Waals surface area contributed by atoms with E-state index in [4.69, 9.17) is 0 Å². The van der Waals surface area contributed by atoms with Crippen LogP contribution < -0.4 is 10.6 Å². The van der Waals surface area contributed by atoms with Crippen LogP contribution in [0.5, 0.6) is 0 Å². The quantitative estimate of drug-likeness (QED) is 0.761. The van der Waals surface area contributed by atoms with Crippen molar-refractivity contribution >= 4 is 17.9 Å². The highest BCUT2D eigenvalue weighted by Crippen LogP contribution is 2.07. The normalized spacial score (nSPS) is 11.2. The molecule has 0 aliphatic heterocycles. The number of amides is 2. The van der Waals surface area contributed by atoms with Gasteiger partial charge < -0.3 is 15.5 Å². The number of carbonyl (C=O) groups excluding carboxylic acids is 2. The maximum absolute atomic E-state index is 12.5. The lowest BCUT2D eigenvalue weighted by molar-refractivity contribution is -0.117. The minimum Gasteiger partial charge on any atom is -0.349 e. The molecule has 5 nitrogen and oxygen atoms in total. The van der Waals surface area contributed by atoms with Crippen molar-refractivity contribution in [3.63, 3.8) is 0 Å². The van der Waals surface area contributed by atoms with E-state index in [1.54, 1.807) is 30.3 Å². The molecule has 25 heavy (non-hydrogen) atoms. The standard InChI is InChI=1S/C20H23N3O2/c1-23(2)14-13-21-20(25)18(15-16-9-5-3-6-10-16)22-19(24)17-11-7-4-8-12-17/h3-12,15H,13-14H2,1-2H3,(H,21,25)(H,22,24)/b18-15-. The zero-order valence-electron chi connectivity index (χ0n) is 14.5. The van der Waals surface area contributed by atoms with Gasteiger partial charge in [-0.25, -0.2) is 0 Å². The van der Waals surface area contributed by atoms with Crippen LogP contribution in [-0.4, -0.2) is 43.9 Å². The number of hydrogen-bond acceptors (Lipinski definition) is 3. The molecule has 0 fully saturated rings. The molecule has 0 heterocycles. The van der Waals surface area contributed by atoms with E-state index in [0.29, 0.717) is 12.1 Å². The highest BCUT2D eigenvalue weighted by molar-refractivity contribution is 6.05. The van der Waals surface area contributed by atoms with Gasteiger partial charge in [-0.1, -0.05) is 48.5 Å². The van der Waals surface area contributed by atoms with Gasteiger partial charge in [0.05, 0.1) is 0 Å². The first kappa shape index (κ1) is 18.4. The van der Waals surface area contributed by atoms with Crippen molar-refractivity contribution in [2.45, 2.75) is 0 Å². The molecule has 2 N–H and O–H groups in total. The first-order chi connectivity index (χ1) is 12.1. The third-order valence-electron chi connectivity index (χ3n) is 3.48. The molecular formula is C20H23N3O2. The van der Waals surface area contributed by atoms with Gasteiger partial charge in [-0.3, -0.25) is 9.59 Å². The van der Waals surface area contributed by atoms with Gasteiger partial charge in [0.2, 0.25) is 0 Å². The SMILES string of the molecule is CN(C)CCNC(=O)/C(=C/c1ccccc1)NC(=O)c1ccccc1. The van der Waals surface area contributed by atoms with Gasteiger partial charge in [0.1, 0.15) is 5.70 Å². The summed E-state index contributed by atoms with van der Waals surface area (Å²) in [5.74, 6) is -0.625. The van der Waals surface area contributed by atoms with Crippen LogP contribution in [0.25, 0.3) is 6.08 Å². The van der Waals surface area contributed by atoms with E-state index in [1.807, 2.05) is 55.4 Å². The van der Waals surface area contributed by atoms with Crippen LogP contribution in [0.3, 0.4) is 0 Å². The molecule has 0 bridgehead atoms. The minimum absolute atomic E-state index is 0.221. The molecule has 0 aromatic heterocycles. The molecule has 0 unspecified atom stereocenters. The Balaban J connectivity index is 2.16. The first-order valence-electron chi connectivity index (χ1n) is 8.12. The number of hydrogen-bond donors (Lipinski definition) is 2. The maximum Gasteiger partial charge on any atom is 0.267 e. The molecule has 0 radical (unpaired) electrons. The number of nitrogens with one attached hydrogen (secondary N) is 2. The number of nitrogens with zero attached hydrogens (tertiary/aromatic N) is 1. The summed E-state index contributed by atoms with van der Waals surface area (Å²) in [5, 5.41) is 5.54. The lowest BCUT2D eigenvalue weighted by Gasteiger charge is -2.13. The molecule has 0 atom stereocenters. The lowest BCUT2D eigenvalue weighted by Crippen LogP contribution is -2.37. The molecule has 2 rings (SSSR count). The number of likely N-dealkylation sites (N-methyl/N-ethyl adjacent to an activating group) is 1. The summed E-state index contributed by atoms with van der Waals surface area (Å²) in [6.07, 6.45) is 1.67. The summed E-state index contributed by atoms with van der Waals surface area (Å²) < 4.78 is 0. The number of carbonyl (C=O) groups is 2. The Labute approximate surface area is 148 Å². The van der Waals surface area contributed by atoms with Gasteiger partial charge in [0, 0.05) is 18.7 Å². The maximum atomic E-state index is 12.5. The average Bonchev–Trinajstić information content (AvgIpc) is 2.62. The molecule has 0 spiro atoms. The van der Waals surface area contributed by atoms with Crippen LogP contribution in [0.1, 0.15) is 15.9 Å². The molecular weight excluding hydrogens is 314 g/mol. The van der Waals surface area contributed by atoms with E-state index < -0.39 is 0 Å². The molecule has 0 aliphatic carbocycles. The van der Waals surface area contributed by atoms with E-state index in [1.165, 1.54) is 0 Å². The largest absolute Gasteiger partial charge is 0.349 e. The van der Waals surface area contributed by atoms with Gasteiger partial charge in [-0.2, -0.15) is 0 Å². The molecule has 2 amide bonds. The predicted octanol–water partition coefficient (Wildman–Crippen LogP) is 2.14. The molecule has 2 aromatic carbocycles. The van der Waals surface area contributed by atoms with E-state index in [2.05, 4.69) is 10.6 Å². The molecule has 0 saturated heterocycles. The van der Waals surface area contributed by atoms with Crippen LogP contribution in [0.4, 0.5) is 0 Å². The highest BCUT2D eigenvalue weighted by atomic mass is 16.2. The van der Waals surface area contributed by atoms with Crippen molar-refractivity contribution in [2.24, 2.45) is 0 Å². The lowest BCUT2D eigenvalue weighted by atomic mass is 10.1. The second-order valence-corrected chi connectivity index (χ2v) is 5.85. The van der Waals surface area contributed by atoms with Crippen molar-refractivity contribution < 1.29 is 9.59 Å². The van der Waals surface area contributed by atoms with Crippen molar-refractivity contribution in [1.29, 1.82) is 0 Å². The van der Waals surface area contributed by atoms with E-state index in [-0.39, 0.29) is 17.5 Å². The summed E-state index contributed by atoms with van der Waals surface area (Å²) >= 11 is 0. The highest BCUT2D eigenvalue weighted by Gasteiger charge is 2.14. The monoisotopic (exact) mass is 337 g/mol. The zero-order valence-corrected chi connectivity index (χ0v) is 14.5. The van der Waals surface area contributed by atoms with Crippen LogP contribution in [0.2, 0.25) is 0 Å². The van der Waals surface area contributed by atoms with Crippen molar-refractivity contribution in [1.82, 2.24) is 15.5 Å². The molecule has 0 aliphatic rings. The van der Waals surface area contributed by atoms with Gasteiger partial charge in [0.15, 0.2) is 0 Å². The summed E-state index contributed by atoms with van der Waals surface area (Å²) in [6.45, 7) is 1.22. The Bertz CT molecular complexity index is 725. The Hall–Kier alpha value is -2.92. The topological polar surface area (TPSA) is 61.4 Å². The van der Waals surface area contributed by atoms with Crippen LogP contribution >= 0.6 is 0 Å². The second-order valence-electron chi connectivity index (χ2n) is 5.85. The zero-order chi connectivity index (χ0) is 18.1. The van der Waals surface area contributed by atoms with Gasteiger partial charge in [0.25, 0.3) is 11.8 Å². The van der Waals surface area contributed by atoms with E-state index in [9.17, 15) is 9.59 Å². The average molecular weight is 337 g/mol. The predicted molar refractivity (Wildman–Crippen MR) is 99.9 cm³/mol. The van der Waals surface area contributed by atoms with Crippen molar-refractivity contribution in [3.8, 4) is 0 Å².